The fourth-order valence-electron chi connectivity index (χ4n) is 3.23. The minimum absolute atomic E-state index is 0.0540. The second-order valence-electron chi connectivity index (χ2n) is 5.71. The predicted molar refractivity (Wildman–Crippen MR) is 80.1 cm³/mol. The molecule has 106 valence electrons. The van der Waals surface area contributed by atoms with Crippen LogP contribution in [0.4, 0.5) is 0 Å². The van der Waals surface area contributed by atoms with E-state index in [4.69, 9.17) is 10.5 Å². The molecule has 0 aromatic heterocycles. The molecule has 0 radical (unpaired) electrons. The molecule has 2 rings (SSSR count). The van der Waals surface area contributed by atoms with E-state index in [1.807, 2.05) is 0 Å². The van der Waals surface area contributed by atoms with E-state index in [1.165, 1.54) is 43.2 Å². The van der Waals surface area contributed by atoms with Gasteiger partial charge in [-0.15, -0.1) is 0 Å². The topological polar surface area (TPSA) is 35.2 Å². The third kappa shape index (κ3) is 3.58. The number of hydrogen-bond acceptors (Lipinski definition) is 2. The first-order valence-electron chi connectivity index (χ1n) is 7.67. The minimum Gasteiger partial charge on any atom is -0.369 e. The SMILES string of the molecule is CCC1CCCCC1OC(CN)c1ccccc1C. The van der Waals surface area contributed by atoms with Gasteiger partial charge in [-0.2, -0.15) is 0 Å². The Balaban J connectivity index is 2.08. The largest absolute Gasteiger partial charge is 0.369 e. The van der Waals surface area contributed by atoms with Gasteiger partial charge in [0, 0.05) is 6.54 Å². The summed E-state index contributed by atoms with van der Waals surface area (Å²) in [6.45, 7) is 4.98. The van der Waals surface area contributed by atoms with E-state index in [9.17, 15) is 0 Å². The molecule has 0 saturated heterocycles. The molecule has 2 nitrogen and oxygen atoms in total. The smallest absolute Gasteiger partial charge is 0.0953 e. The summed E-state index contributed by atoms with van der Waals surface area (Å²) in [4.78, 5) is 0. The van der Waals surface area contributed by atoms with Crippen LogP contribution in [0.5, 0.6) is 0 Å². The zero-order valence-electron chi connectivity index (χ0n) is 12.3. The van der Waals surface area contributed by atoms with Crippen LogP contribution in [0, 0.1) is 12.8 Å². The molecule has 3 atom stereocenters. The predicted octanol–water partition coefficient (Wildman–Crippen LogP) is 3.98. The lowest BCUT2D eigenvalue weighted by molar-refractivity contribution is -0.0588. The second kappa shape index (κ2) is 7.06. The van der Waals surface area contributed by atoms with Crippen LogP contribution in [0.25, 0.3) is 0 Å². The Hall–Kier alpha value is -0.860. The Morgan fingerprint density at radius 1 is 1.26 bits per heavy atom. The molecule has 0 spiro atoms. The molecule has 0 bridgehead atoms. The Morgan fingerprint density at radius 3 is 2.68 bits per heavy atom. The molecule has 1 aliphatic carbocycles. The highest BCUT2D eigenvalue weighted by Crippen LogP contribution is 2.33. The Morgan fingerprint density at radius 2 is 2.00 bits per heavy atom. The summed E-state index contributed by atoms with van der Waals surface area (Å²) in [6, 6.07) is 8.44. The molecular formula is C17H27NO. The molecule has 19 heavy (non-hydrogen) atoms. The van der Waals surface area contributed by atoms with Crippen LogP contribution in [0.1, 0.15) is 56.3 Å². The Kier molecular flexibility index (Phi) is 5.41. The van der Waals surface area contributed by atoms with Crippen molar-refractivity contribution in [3.8, 4) is 0 Å². The van der Waals surface area contributed by atoms with E-state index in [2.05, 4.69) is 38.1 Å². The van der Waals surface area contributed by atoms with Gasteiger partial charge < -0.3 is 10.5 Å². The molecule has 1 aromatic rings. The Bertz CT molecular complexity index is 391. The number of rotatable bonds is 5. The number of ether oxygens (including phenoxy) is 1. The van der Waals surface area contributed by atoms with Crippen LogP contribution in [0.15, 0.2) is 24.3 Å². The van der Waals surface area contributed by atoms with Crippen molar-refractivity contribution in [2.24, 2.45) is 11.7 Å². The molecule has 1 aromatic carbocycles. The lowest BCUT2D eigenvalue weighted by Gasteiger charge is -2.34. The van der Waals surface area contributed by atoms with E-state index in [0.29, 0.717) is 18.6 Å². The summed E-state index contributed by atoms with van der Waals surface area (Å²) in [6.07, 6.45) is 6.83. The van der Waals surface area contributed by atoms with Crippen molar-refractivity contribution in [2.75, 3.05) is 6.54 Å². The van der Waals surface area contributed by atoms with Crippen molar-refractivity contribution in [2.45, 2.75) is 58.2 Å². The van der Waals surface area contributed by atoms with Gasteiger partial charge in [0.15, 0.2) is 0 Å². The summed E-state index contributed by atoms with van der Waals surface area (Å²) in [5, 5.41) is 0. The first kappa shape index (κ1) is 14.5. The molecule has 0 aliphatic heterocycles. The van der Waals surface area contributed by atoms with Gasteiger partial charge >= 0.3 is 0 Å². The first-order chi connectivity index (χ1) is 9.26. The monoisotopic (exact) mass is 261 g/mol. The average Bonchev–Trinajstić information content (AvgIpc) is 2.46. The van der Waals surface area contributed by atoms with Gasteiger partial charge in [0.25, 0.3) is 0 Å². The number of nitrogens with two attached hydrogens (primary N) is 1. The zero-order valence-corrected chi connectivity index (χ0v) is 12.3. The van der Waals surface area contributed by atoms with Crippen molar-refractivity contribution in [1.82, 2.24) is 0 Å². The fourth-order valence-corrected chi connectivity index (χ4v) is 3.23. The average molecular weight is 261 g/mol. The number of hydrogen-bond donors (Lipinski definition) is 1. The minimum atomic E-state index is 0.0540. The molecule has 3 unspecified atom stereocenters. The van der Waals surface area contributed by atoms with Gasteiger partial charge in [-0.05, 0) is 36.8 Å². The van der Waals surface area contributed by atoms with Crippen LogP contribution in [-0.4, -0.2) is 12.6 Å². The number of aryl methyl sites for hydroxylation is 1. The quantitative estimate of drug-likeness (QED) is 0.870. The van der Waals surface area contributed by atoms with Gasteiger partial charge in [0.2, 0.25) is 0 Å². The second-order valence-corrected chi connectivity index (χ2v) is 5.71. The lowest BCUT2D eigenvalue weighted by atomic mass is 9.84. The maximum Gasteiger partial charge on any atom is 0.0953 e. The standard InChI is InChI=1S/C17H27NO/c1-3-14-9-5-7-11-16(14)19-17(12-18)15-10-6-4-8-13(15)2/h4,6,8,10,14,16-17H,3,5,7,9,11-12,18H2,1-2H3. The van der Waals surface area contributed by atoms with Crippen molar-refractivity contribution in [3.05, 3.63) is 35.4 Å². The van der Waals surface area contributed by atoms with Gasteiger partial charge in [-0.25, -0.2) is 0 Å². The molecule has 0 heterocycles. The van der Waals surface area contributed by atoms with Crippen LogP contribution >= 0.6 is 0 Å². The van der Waals surface area contributed by atoms with E-state index >= 15 is 0 Å². The van der Waals surface area contributed by atoms with Crippen LogP contribution in [0.2, 0.25) is 0 Å². The molecule has 1 fully saturated rings. The van der Waals surface area contributed by atoms with Gasteiger partial charge in [-0.1, -0.05) is 50.5 Å². The van der Waals surface area contributed by atoms with Crippen molar-refractivity contribution < 1.29 is 4.74 Å². The van der Waals surface area contributed by atoms with Crippen molar-refractivity contribution in [1.29, 1.82) is 0 Å². The zero-order chi connectivity index (χ0) is 13.7. The molecule has 2 heteroatoms. The van der Waals surface area contributed by atoms with Crippen molar-refractivity contribution >= 4 is 0 Å². The highest BCUT2D eigenvalue weighted by atomic mass is 16.5. The van der Waals surface area contributed by atoms with Crippen molar-refractivity contribution in [3.63, 3.8) is 0 Å². The van der Waals surface area contributed by atoms with Crippen LogP contribution in [0.3, 0.4) is 0 Å². The normalized spacial score (nSPS) is 25.2. The van der Waals surface area contributed by atoms with E-state index in [0.717, 1.165) is 0 Å². The summed E-state index contributed by atoms with van der Waals surface area (Å²) < 4.78 is 6.39. The van der Waals surface area contributed by atoms with Gasteiger partial charge in [-0.3, -0.25) is 0 Å². The molecule has 1 aliphatic rings. The maximum absolute atomic E-state index is 6.39. The molecule has 0 amide bonds. The van der Waals surface area contributed by atoms with Gasteiger partial charge in [0.1, 0.15) is 0 Å². The van der Waals surface area contributed by atoms with Gasteiger partial charge in [0.05, 0.1) is 12.2 Å². The summed E-state index contributed by atoms with van der Waals surface area (Å²) >= 11 is 0. The van der Waals surface area contributed by atoms with E-state index in [-0.39, 0.29) is 6.10 Å². The summed E-state index contributed by atoms with van der Waals surface area (Å²) in [5.41, 5.74) is 8.49. The highest BCUT2D eigenvalue weighted by Gasteiger charge is 2.27. The van der Waals surface area contributed by atoms with E-state index in [1.54, 1.807) is 0 Å². The summed E-state index contributed by atoms with van der Waals surface area (Å²) in [7, 11) is 0. The fraction of sp³-hybridized carbons (Fsp3) is 0.647. The molecular weight excluding hydrogens is 234 g/mol. The first-order valence-corrected chi connectivity index (χ1v) is 7.67. The van der Waals surface area contributed by atoms with Crippen LogP contribution < -0.4 is 5.73 Å². The Labute approximate surface area is 117 Å². The molecule has 2 N–H and O–H groups in total. The van der Waals surface area contributed by atoms with E-state index < -0.39 is 0 Å². The third-order valence-electron chi connectivity index (χ3n) is 4.45. The summed E-state index contributed by atoms with van der Waals surface area (Å²) in [5.74, 6) is 0.715. The lowest BCUT2D eigenvalue weighted by Crippen LogP contribution is -2.31. The highest BCUT2D eigenvalue weighted by molar-refractivity contribution is 5.28. The third-order valence-corrected chi connectivity index (χ3v) is 4.45. The molecule has 1 saturated carbocycles. The maximum atomic E-state index is 6.39. The number of benzene rings is 1. The van der Waals surface area contributed by atoms with Crippen LogP contribution in [-0.2, 0) is 4.74 Å².